The number of rotatable bonds is 7. The number of nitrogens with zero attached hydrogens (tertiary/aromatic N) is 2. The van der Waals surface area contributed by atoms with Gasteiger partial charge in [0.25, 0.3) is 5.69 Å². The molecule has 0 spiro atoms. The average Bonchev–Trinajstić information content (AvgIpc) is 2.61. The van der Waals surface area contributed by atoms with Gasteiger partial charge in [0.2, 0.25) is 15.9 Å². The molecule has 0 radical (unpaired) electrons. The van der Waals surface area contributed by atoms with Crippen LogP contribution in [0.25, 0.3) is 0 Å². The van der Waals surface area contributed by atoms with E-state index in [1.807, 2.05) is 6.08 Å². The molecule has 0 fully saturated rings. The fourth-order valence-corrected chi connectivity index (χ4v) is 3.49. The lowest BCUT2D eigenvalue weighted by molar-refractivity contribution is -0.385. The molecule has 0 aliphatic carbocycles. The van der Waals surface area contributed by atoms with E-state index >= 15 is 0 Å². The third kappa shape index (κ3) is 5.77. The monoisotopic (exact) mass is 404 g/mol. The number of carbonyl (C=O) groups excluding carboxylic acids is 1. The number of carbonyl (C=O) groups is 1. The van der Waals surface area contributed by atoms with Crippen LogP contribution in [0.15, 0.2) is 40.8 Å². The molecule has 0 aromatic heterocycles. The molecule has 0 unspecified atom stereocenters. The van der Waals surface area contributed by atoms with Gasteiger partial charge in [-0.25, -0.2) is 8.42 Å². The van der Waals surface area contributed by atoms with Gasteiger partial charge < -0.3 is 10.6 Å². The number of likely N-dealkylation sites (N-methyl/N-ethyl adjacent to an activating group) is 1. The van der Waals surface area contributed by atoms with Crippen molar-refractivity contribution in [2.45, 2.75) is 11.3 Å². The molecule has 0 atom stereocenters. The highest BCUT2D eigenvalue weighted by Crippen LogP contribution is 2.20. The van der Waals surface area contributed by atoms with Crippen molar-refractivity contribution in [2.24, 2.45) is 0 Å². The van der Waals surface area contributed by atoms with Crippen molar-refractivity contribution in [3.05, 3.63) is 46.0 Å². The van der Waals surface area contributed by atoms with Crippen molar-refractivity contribution in [3.63, 3.8) is 0 Å². The number of amides is 1. The fourth-order valence-electron chi connectivity index (χ4n) is 2.32. The summed E-state index contributed by atoms with van der Waals surface area (Å²) in [5, 5.41) is 16.6. The minimum atomic E-state index is -3.99. The first-order valence-corrected chi connectivity index (χ1v) is 9.11. The van der Waals surface area contributed by atoms with Crippen LogP contribution in [0.3, 0.4) is 0 Å². The number of hydrogen-bond donors (Lipinski definition) is 2. The molecule has 1 aliphatic rings. The highest BCUT2D eigenvalue weighted by molar-refractivity contribution is 7.89. The van der Waals surface area contributed by atoms with Crippen LogP contribution >= 0.6 is 12.4 Å². The van der Waals surface area contributed by atoms with Gasteiger partial charge in [-0.15, -0.1) is 12.4 Å². The number of sulfonamides is 1. The molecule has 26 heavy (non-hydrogen) atoms. The van der Waals surface area contributed by atoms with Crippen LogP contribution in [0, 0.1) is 10.1 Å². The van der Waals surface area contributed by atoms with Gasteiger partial charge in [0.15, 0.2) is 0 Å². The van der Waals surface area contributed by atoms with E-state index in [2.05, 4.69) is 10.6 Å². The Labute approximate surface area is 158 Å². The van der Waals surface area contributed by atoms with Crippen LogP contribution in [0.2, 0.25) is 0 Å². The van der Waals surface area contributed by atoms with E-state index in [1.54, 1.807) is 0 Å². The minimum absolute atomic E-state index is 0. The summed E-state index contributed by atoms with van der Waals surface area (Å²) in [4.78, 5) is 21.9. The molecular weight excluding hydrogens is 384 g/mol. The van der Waals surface area contributed by atoms with Gasteiger partial charge in [0.1, 0.15) is 0 Å². The van der Waals surface area contributed by atoms with Crippen LogP contribution in [0.1, 0.15) is 6.42 Å². The van der Waals surface area contributed by atoms with Crippen LogP contribution in [-0.4, -0.2) is 56.8 Å². The van der Waals surface area contributed by atoms with E-state index in [-0.39, 0.29) is 29.5 Å². The summed E-state index contributed by atoms with van der Waals surface area (Å²) in [6.45, 7) is 1.62. The predicted molar refractivity (Wildman–Crippen MR) is 98.7 cm³/mol. The molecule has 0 saturated carbocycles. The van der Waals surface area contributed by atoms with E-state index in [9.17, 15) is 23.3 Å². The number of nitro groups is 1. The molecule has 144 valence electrons. The molecule has 0 saturated heterocycles. The van der Waals surface area contributed by atoms with E-state index in [0.717, 1.165) is 35.5 Å². The Balaban J connectivity index is 0.00000338. The zero-order valence-electron chi connectivity index (χ0n) is 14.2. The van der Waals surface area contributed by atoms with Crippen molar-refractivity contribution in [1.82, 2.24) is 14.9 Å². The summed E-state index contributed by atoms with van der Waals surface area (Å²) < 4.78 is 25.8. The highest BCUT2D eigenvalue weighted by atomic mass is 35.5. The first-order chi connectivity index (χ1) is 11.8. The molecule has 1 aromatic rings. The van der Waals surface area contributed by atoms with E-state index in [4.69, 9.17) is 0 Å². The molecule has 0 bridgehead atoms. The number of hydrogen-bond acceptors (Lipinski definition) is 6. The largest absolute Gasteiger partial charge is 0.351 e. The smallest absolute Gasteiger partial charge is 0.270 e. The molecule has 1 aromatic carbocycles. The zero-order chi connectivity index (χ0) is 18.4. The molecule has 2 N–H and O–H groups in total. The maximum atomic E-state index is 12.5. The van der Waals surface area contributed by atoms with Crippen molar-refractivity contribution in [2.75, 3.05) is 33.2 Å². The lowest BCUT2D eigenvalue weighted by Crippen LogP contribution is -2.39. The second kappa shape index (κ2) is 9.62. The SMILES string of the molecule is CN(CC(=O)NCC1=CCNCC1)S(=O)(=O)c1cccc([N+](=O)[O-])c1.Cl. The average molecular weight is 405 g/mol. The fraction of sp³-hybridized carbons (Fsp3) is 0.400. The van der Waals surface area contributed by atoms with Crippen molar-refractivity contribution < 1.29 is 18.1 Å². The topological polar surface area (TPSA) is 122 Å². The Hall–Kier alpha value is -2.01. The Morgan fingerprint density at radius 2 is 2.15 bits per heavy atom. The normalized spacial score (nSPS) is 14.3. The first-order valence-electron chi connectivity index (χ1n) is 7.67. The number of nitrogens with one attached hydrogen (secondary N) is 2. The van der Waals surface area contributed by atoms with Crippen LogP contribution < -0.4 is 10.6 Å². The van der Waals surface area contributed by atoms with Gasteiger partial charge in [0.05, 0.1) is 16.4 Å². The molecule has 11 heteroatoms. The molecule has 1 aliphatic heterocycles. The number of halogens is 1. The summed E-state index contributed by atoms with van der Waals surface area (Å²) in [6, 6.07) is 4.74. The third-order valence-electron chi connectivity index (χ3n) is 3.77. The van der Waals surface area contributed by atoms with Gasteiger partial charge in [0, 0.05) is 32.3 Å². The van der Waals surface area contributed by atoms with Crippen molar-refractivity contribution in [1.29, 1.82) is 0 Å². The predicted octanol–water partition coefficient (Wildman–Crippen LogP) is 0.673. The number of nitro benzene ring substituents is 1. The molecule has 2 rings (SSSR count). The summed E-state index contributed by atoms with van der Waals surface area (Å²) in [7, 11) is -2.73. The second-order valence-electron chi connectivity index (χ2n) is 5.61. The van der Waals surface area contributed by atoms with Crippen molar-refractivity contribution in [3.8, 4) is 0 Å². The third-order valence-corrected chi connectivity index (χ3v) is 5.57. The lowest BCUT2D eigenvalue weighted by Gasteiger charge is -2.18. The molecule has 9 nitrogen and oxygen atoms in total. The summed E-state index contributed by atoms with van der Waals surface area (Å²) in [5.74, 6) is -0.434. The van der Waals surface area contributed by atoms with Gasteiger partial charge in [-0.1, -0.05) is 17.7 Å². The zero-order valence-corrected chi connectivity index (χ0v) is 15.8. The van der Waals surface area contributed by atoms with Gasteiger partial charge >= 0.3 is 0 Å². The standard InChI is InChI=1S/C15H20N4O5S.ClH/c1-18(11-15(20)17-10-12-5-7-16-8-6-12)25(23,24)14-4-2-3-13(9-14)19(21)22;/h2-5,9,16H,6-8,10-11H2,1H3,(H,17,20);1H. The Kier molecular flexibility index (Phi) is 8.15. The summed E-state index contributed by atoms with van der Waals surface area (Å²) in [6.07, 6.45) is 2.83. The Bertz CT molecular complexity index is 797. The maximum Gasteiger partial charge on any atom is 0.270 e. The van der Waals surface area contributed by atoms with Crippen LogP contribution in [0.5, 0.6) is 0 Å². The van der Waals surface area contributed by atoms with Gasteiger partial charge in [-0.05, 0) is 19.0 Å². The summed E-state index contributed by atoms with van der Waals surface area (Å²) >= 11 is 0. The molecule has 1 heterocycles. The number of benzene rings is 1. The van der Waals surface area contributed by atoms with Crippen LogP contribution in [-0.2, 0) is 14.8 Å². The van der Waals surface area contributed by atoms with E-state index < -0.39 is 20.9 Å². The quantitative estimate of drug-likeness (QED) is 0.391. The lowest BCUT2D eigenvalue weighted by atomic mass is 10.1. The molecule has 1 amide bonds. The maximum absolute atomic E-state index is 12.5. The Morgan fingerprint density at radius 3 is 2.77 bits per heavy atom. The van der Waals surface area contributed by atoms with Gasteiger partial charge in [-0.2, -0.15) is 4.31 Å². The molecular formula is C15H21ClN4O5S. The summed E-state index contributed by atoms with van der Waals surface area (Å²) in [5.41, 5.74) is 0.771. The van der Waals surface area contributed by atoms with E-state index in [1.165, 1.54) is 25.2 Å². The Morgan fingerprint density at radius 1 is 1.42 bits per heavy atom. The second-order valence-corrected chi connectivity index (χ2v) is 7.65. The van der Waals surface area contributed by atoms with Gasteiger partial charge in [-0.3, -0.25) is 14.9 Å². The van der Waals surface area contributed by atoms with E-state index in [0.29, 0.717) is 6.54 Å². The van der Waals surface area contributed by atoms with Crippen molar-refractivity contribution >= 4 is 34.0 Å². The highest BCUT2D eigenvalue weighted by Gasteiger charge is 2.24. The van der Waals surface area contributed by atoms with Crippen LogP contribution in [0.4, 0.5) is 5.69 Å². The number of non-ortho nitro benzene ring substituents is 1. The first kappa shape index (κ1) is 22.0. The minimum Gasteiger partial charge on any atom is -0.351 e.